The molecule has 1 aliphatic rings. The minimum Gasteiger partial charge on any atom is -0.454 e. The molecule has 1 N–H and O–H groups in total. The number of fused-ring (bicyclic) bond motifs is 1. The molecule has 0 aliphatic carbocycles. The van der Waals surface area contributed by atoms with Gasteiger partial charge in [-0.15, -0.1) is 11.3 Å². The predicted molar refractivity (Wildman–Crippen MR) is 94.9 cm³/mol. The molecule has 132 valence electrons. The van der Waals surface area contributed by atoms with Crippen LogP contribution in [-0.2, 0) is 0 Å². The first-order valence-electron chi connectivity index (χ1n) is 7.92. The van der Waals surface area contributed by atoms with E-state index in [4.69, 9.17) is 14.2 Å². The van der Waals surface area contributed by atoms with Crippen molar-refractivity contribution in [3.05, 3.63) is 58.7 Å². The maximum atomic E-state index is 12.6. The summed E-state index contributed by atoms with van der Waals surface area (Å²) >= 11 is 1.58. The average molecular weight is 369 g/mol. The third-order valence-electron chi connectivity index (χ3n) is 3.80. The van der Waals surface area contributed by atoms with Crippen LogP contribution in [0.2, 0.25) is 0 Å². The number of hydrogen-bond donors (Lipinski definition) is 1. The fraction of sp³-hybridized carbons (Fsp3) is 0.167. The predicted octanol–water partition coefficient (Wildman–Crippen LogP) is 3.55. The van der Waals surface area contributed by atoms with Crippen molar-refractivity contribution in [2.75, 3.05) is 6.79 Å². The maximum Gasteiger partial charge on any atom is 0.258 e. The summed E-state index contributed by atoms with van der Waals surface area (Å²) < 4.78 is 16.4. The molecule has 26 heavy (non-hydrogen) atoms. The van der Waals surface area contributed by atoms with Crippen molar-refractivity contribution in [2.45, 2.75) is 13.0 Å². The summed E-state index contributed by atoms with van der Waals surface area (Å²) in [7, 11) is 0. The van der Waals surface area contributed by atoms with E-state index in [0.29, 0.717) is 17.2 Å². The summed E-state index contributed by atoms with van der Waals surface area (Å²) in [5.74, 6) is 1.61. The molecule has 3 heterocycles. The quantitative estimate of drug-likeness (QED) is 0.741. The molecule has 1 amide bonds. The van der Waals surface area contributed by atoms with Gasteiger partial charge in [0.2, 0.25) is 12.7 Å². The van der Waals surface area contributed by atoms with E-state index in [-0.39, 0.29) is 30.2 Å². The van der Waals surface area contributed by atoms with E-state index >= 15 is 0 Å². The Bertz CT molecular complexity index is 930. The van der Waals surface area contributed by atoms with Gasteiger partial charge >= 0.3 is 0 Å². The highest BCUT2D eigenvalue weighted by Gasteiger charge is 2.19. The van der Waals surface area contributed by atoms with Crippen molar-refractivity contribution >= 4 is 17.2 Å². The van der Waals surface area contributed by atoms with Gasteiger partial charge in [0.05, 0.1) is 6.04 Å². The molecule has 0 spiro atoms. The SMILES string of the molecule is CC(NC(=O)c1cncnc1Oc1ccc2c(c1)OCO2)c1cccs1. The smallest absolute Gasteiger partial charge is 0.258 e. The van der Waals surface area contributed by atoms with Crippen molar-refractivity contribution in [2.24, 2.45) is 0 Å². The molecule has 1 atom stereocenters. The summed E-state index contributed by atoms with van der Waals surface area (Å²) in [5.41, 5.74) is 0.258. The Hall–Kier alpha value is -3.13. The lowest BCUT2D eigenvalue weighted by Crippen LogP contribution is -2.26. The van der Waals surface area contributed by atoms with Gasteiger partial charge in [-0.25, -0.2) is 9.97 Å². The monoisotopic (exact) mass is 369 g/mol. The zero-order valence-corrected chi connectivity index (χ0v) is 14.7. The van der Waals surface area contributed by atoms with Gasteiger partial charge < -0.3 is 19.5 Å². The number of nitrogens with zero attached hydrogens (tertiary/aromatic N) is 2. The molecule has 1 unspecified atom stereocenters. The zero-order valence-electron chi connectivity index (χ0n) is 13.8. The first-order chi connectivity index (χ1) is 12.7. The van der Waals surface area contributed by atoms with Crippen molar-refractivity contribution in [3.63, 3.8) is 0 Å². The van der Waals surface area contributed by atoms with Crippen molar-refractivity contribution < 1.29 is 19.0 Å². The van der Waals surface area contributed by atoms with Crippen LogP contribution in [-0.4, -0.2) is 22.7 Å². The maximum absolute atomic E-state index is 12.6. The third kappa shape index (κ3) is 3.31. The highest BCUT2D eigenvalue weighted by Crippen LogP contribution is 2.36. The Kier molecular flexibility index (Phi) is 4.40. The van der Waals surface area contributed by atoms with E-state index in [2.05, 4.69) is 15.3 Å². The highest BCUT2D eigenvalue weighted by atomic mass is 32.1. The number of aromatic nitrogens is 2. The van der Waals surface area contributed by atoms with Crippen LogP contribution in [0.25, 0.3) is 0 Å². The van der Waals surface area contributed by atoms with Crippen LogP contribution in [0.15, 0.2) is 48.2 Å². The molecule has 0 saturated carbocycles. The topological polar surface area (TPSA) is 82.6 Å². The minimum atomic E-state index is -0.303. The normalized spacial score (nSPS) is 13.3. The van der Waals surface area contributed by atoms with Gasteiger partial charge in [-0.1, -0.05) is 6.07 Å². The number of hydrogen-bond acceptors (Lipinski definition) is 7. The highest BCUT2D eigenvalue weighted by molar-refractivity contribution is 7.10. The largest absolute Gasteiger partial charge is 0.454 e. The summed E-state index contributed by atoms with van der Waals surface area (Å²) in [6, 6.07) is 8.97. The van der Waals surface area contributed by atoms with Gasteiger partial charge in [0.25, 0.3) is 5.91 Å². The summed E-state index contributed by atoms with van der Waals surface area (Å²) in [4.78, 5) is 21.7. The van der Waals surface area contributed by atoms with Gasteiger partial charge in [-0.05, 0) is 30.5 Å². The first-order valence-corrected chi connectivity index (χ1v) is 8.80. The summed E-state index contributed by atoms with van der Waals surface area (Å²) in [6.07, 6.45) is 2.77. The number of carbonyl (C=O) groups is 1. The number of rotatable bonds is 5. The van der Waals surface area contributed by atoms with Crippen LogP contribution < -0.4 is 19.5 Å². The van der Waals surface area contributed by atoms with Gasteiger partial charge in [0, 0.05) is 17.1 Å². The second kappa shape index (κ2) is 7.01. The fourth-order valence-corrected chi connectivity index (χ4v) is 3.23. The van der Waals surface area contributed by atoms with Gasteiger partial charge in [-0.3, -0.25) is 4.79 Å². The van der Waals surface area contributed by atoms with E-state index in [9.17, 15) is 4.79 Å². The fourth-order valence-electron chi connectivity index (χ4n) is 2.49. The van der Waals surface area contributed by atoms with Gasteiger partial charge in [-0.2, -0.15) is 0 Å². The van der Waals surface area contributed by atoms with Crippen molar-refractivity contribution in [1.29, 1.82) is 0 Å². The summed E-state index contributed by atoms with van der Waals surface area (Å²) in [5, 5.41) is 4.90. The molecule has 4 rings (SSSR count). The number of benzene rings is 1. The number of carbonyl (C=O) groups excluding carboxylic acids is 1. The Labute approximate surface area is 153 Å². The molecule has 8 heteroatoms. The molecular formula is C18H15N3O4S. The number of thiophene rings is 1. The van der Waals surface area contributed by atoms with Crippen molar-refractivity contribution in [1.82, 2.24) is 15.3 Å². The van der Waals surface area contributed by atoms with Crippen LogP contribution in [0.1, 0.15) is 28.2 Å². The second-order valence-electron chi connectivity index (χ2n) is 5.57. The molecule has 0 bridgehead atoms. The lowest BCUT2D eigenvalue weighted by Gasteiger charge is -2.14. The van der Waals surface area contributed by atoms with E-state index in [1.807, 2.05) is 24.4 Å². The molecule has 1 aromatic carbocycles. The van der Waals surface area contributed by atoms with Gasteiger partial charge in [0.15, 0.2) is 11.5 Å². The van der Waals surface area contributed by atoms with Crippen LogP contribution >= 0.6 is 11.3 Å². The van der Waals surface area contributed by atoms with Crippen LogP contribution in [0, 0.1) is 0 Å². The summed E-state index contributed by atoms with van der Waals surface area (Å²) in [6.45, 7) is 2.10. The number of amides is 1. The molecule has 2 aromatic heterocycles. The Morgan fingerprint density at radius 2 is 2.19 bits per heavy atom. The van der Waals surface area contributed by atoms with E-state index < -0.39 is 0 Å². The van der Waals surface area contributed by atoms with Crippen molar-refractivity contribution in [3.8, 4) is 23.1 Å². The Morgan fingerprint density at radius 1 is 1.31 bits per heavy atom. The van der Waals surface area contributed by atoms with Gasteiger partial charge in [0.1, 0.15) is 17.6 Å². The standard InChI is InChI=1S/C18H15N3O4S/c1-11(16-3-2-6-26-16)21-17(22)13-8-19-9-20-18(13)25-12-4-5-14-15(7-12)24-10-23-14/h2-9,11H,10H2,1H3,(H,21,22). The van der Waals surface area contributed by atoms with E-state index in [1.165, 1.54) is 12.5 Å². The second-order valence-corrected chi connectivity index (χ2v) is 6.55. The first kappa shape index (κ1) is 16.3. The molecular weight excluding hydrogens is 354 g/mol. The molecule has 0 saturated heterocycles. The lowest BCUT2D eigenvalue weighted by atomic mass is 10.2. The molecule has 7 nitrogen and oxygen atoms in total. The number of ether oxygens (including phenoxy) is 3. The van der Waals surface area contributed by atoms with E-state index in [0.717, 1.165) is 4.88 Å². The molecule has 0 radical (unpaired) electrons. The Balaban J connectivity index is 1.54. The Morgan fingerprint density at radius 3 is 3.04 bits per heavy atom. The molecule has 0 fully saturated rings. The average Bonchev–Trinajstić information content (AvgIpc) is 3.33. The minimum absolute atomic E-state index is 0.124. The third-order valence-corrected chi connectivity index (χ3v) is 4.85. The molecule has 1 aliphatic heterocycles. The van der Waals surface area contributed by atoms with Crippen LogP contribution in [0.3, 0.4) is 0 Å². The lowest BCUT2D eigenvalue weighted by molar-refractivity contribution is 0.0937. The van der Waals surface area contributed by atoms with Crippen LogP contribution in [0.4, 0.5) is 0 Å². The van der Waals surface area contributed by atoms with Crippen LogP contribution in [0.5, 0.6) is 23.1 Å². The molecule has 3 aromatic rings. The number of nitrogens with one attached hydrogen (secondary N) is 1. The zero-order chi connectivity index (χ0) is 17.9. The van der Waals surface area contributed by atoms with E-state index in [1.54, 1.807) is 29.5 Å².